The Balaban J connectivity index is 2.28. The SMILES string of the molecule is CC(=O)Nc1ccc(NS(=O)(=O)c2ccc(NC(=O)[C@@](C)(O)C(F)(F)F)c(Cl)c2Cl)cc1. The predicted molar refractivity (Wildman–Crippen MR) is 113 cm³/mol. The summed E-state index contributed by atoms with van der Waals surface area (Å²) in [6, 6.07) is 7.46. The van der Waals surface area contributed by atoms with Gasteiger partial charge in [-0.1, -0.05) is 23.2 Å². The van der Waals surface area contributed by atoms with Crippen molar-refractivity contribution in [2.45, 2.75) is 30.5 Å². The van der Waals surface area contributed by atoms with Gasteiger partial charge in [0, 0.05) is 18.3 Å². The number of aliphatic hydroxyl groups is 1. The lowest BCUT2D eigenvalue weighted by molar-refractivity contribution is -0.242. The second-order valence-corrected chi connectivity index (χ2v) is 9.03. The van der Waals surface area contributed by atoms with Gasteiger partial charge in [0.2, 0.25) is 11.5 Å². The maximum Gasteiger partial charge on any atom is 0.426 e. The molecule has 1 atom stereocenters. The summed E-state index contributed by atoms with van der Waals surface area (Å²) in [4.78, 5) is 22.3. The monoisotopic (exact) mass is 513 g/mol. The fourth-order valence-electron chi connectivity index (χ4n) is 2.24. The quantitative estimate of drug-likeness (QED) is 0.464. The van der Waals surface area contributed by atoms with Crippen LogP contribution in [0.15, 0.2) is 41.3 Å². The van der Waals surface area contributed by atoms with Gasteiger partial charge in [-0.25, -0.2) is 8.42 Å². The van der Waals surface area contributed by atoms with Crippen molar-refractivity contribution in [2.24, 2.45) is 0 Å². The second-order valence-electron chi connectivity index (χ2n) is 6.63. The molecule has 14 heteroatoms. The van der Waals surface area contributed by atoms with E-state index in [-0.39, 0.29) is 18.5 Å². The largest absolute Gasteiger partial charge is 0.426 e. The minimum absolute atomic E-state index is 0.116. The number of hydrogen-bond donors (Lipinski definition) is 4. The van der Waals surface area contributed by atoms with E-state index < -0.39 is 48.3 Å². The number of carbonyl (C=O) groups is 2. The number of amides is 2. The summed E-state index contributed by atoms with van der Waals surface area (Å²) >= 11 is 11.9. The van der Waals surface area contributed by atoms with Crippen molar-refractivity contribution in [3.05, 3.63) is 46.4 Å². The molecule has 0 saturated heterocycles. The fourth-order valence-corrected chi connectivity index (χ4v) is 4.12. The molecule has 0 aromatic heterocycles. The Bertz CT molecular complexity index is 1150. The first-order chi connectivity index (χ1) is 14.6. The lowest BCUT2D eigenvalue weighted by Gasteiger charge is -2.25. The van der Waals surface area contributed by atoms with E-state index in [1.807, 2.05) is 0 Å². The van der Waals surface area contributed by atoms with Crippen LogP contribution >= 0.6 is 23.2 Å². The first-order valence-corrected chi connectivity index (χ1v) is 10.8. The zero-order valence-corrected chi connectivity index (χ0v) is 18.7. The molecule has 4 N–H and O–H groups in total. The Morgan fingerprint density at radius 3 is 1.97 bits per heavy atom. The molecule has 32 heavy (non-hydrogen) atoms. The number of sulfonamides is 1. The maximum absolute atomic E-state index is 12.8. The molecule has 2 aromatic carbocycles. The summed E-state index contributed by atoms with van der Waals surface area (Å²) in [7, 11) is -4.30. The first kappa shape index (κ1) is 25.7. The van der Waals surface area contributed by atoms with E-state index in [4.69, 9.17) is 23.2 Å². The minimum atomic E-state index is -5.27. The molecule has 0 heterocycles. The van der Waals surface area contributed by atoms with Crippen LogP contribution in [0.5, 0.6) is 0 Å². The molecular weight excluding hydrogens is 498 g/mol. The highest BCUT2D eigenvalue weighted by Gasteiger charge is 2.55. The summed E-state index contributed by atoms with van der Waals surface area (Å²) in [5, 5.41) is 12.6. The highest BCUT2D eigenvalue weighted by atomic mass is 35.5. The first-order valence-electron chi connectivity index (χ1n) is 8.55. The van der Waals surface area contributed by atoms with Gasteiger partial charge in [0.1, 0.15) is 4.90 Å². The third-order valence-corrected chi connectivity index (χ3v) is 6.45. The summed E-state index contributed by atoms with van der Waals surface area (Å²) in [6.07, 6.45) is -5.27. The topological polar surface area (TPSA) is 125 Å². The molecule has 2 amide bonds. The van der Waals surface area contributed by atoms with E-state index in [9.17, 15) is 36.3 Å². The molecule has 0 aliphatic rings. The Hall–Kier alpha value is -2.54. The maximum atomic E-state index is 12.8. The minimum Gasteiger partial charge on any atom is -0.373 e. The van der Waals surface area contributed by atoms with Crippen molar-refractivity contribution in [3.63, 3.8) is 0 Å². The Kier molecular flexibility index (Phi) is 7.34. The van der Waals surface area contributed by atoms with Crippen molar-refractivity contribution in [1.29, 1.82) is 0 Å². The summed E-state index contributed by atoms with van der Waals surface area (Å²) < 4.78 is 66.0. The molecule has 0 radical (unpaired) electrons. The van der Waals surface area contributed by atoms with Gasteiger partial charge in [0.15, 0.2) is 0 Å². The number of alkyl halides is 3. The van der Waals surface area contributed by atoms with Crippen LogP contribution in [0.2, 0.25) is 10.0 Å². The molecule has 0 unspecified atom stereocenters. The van der Waals surface area contributed by atoms with E-state index in [1.54, 1.807) is 5.32 Å². The van der Waals surface area contributed by atoms with E-state index in [0.717, 1.165) is 12.1 Å². The van der Waals surface area contributed by atoms with Crippen LogP contribution in [0.3, 0.4) is 0 Å². The van der Waals surface area contributed by atoms with Crippen molar-refractivity contribution in [2.75, 3.05) is 15.4 Å². The molecule has 0 bridgehead atoms. The predicted octanol–water partition coefficient (Wildman–Crippen LogP) is 4.00. The van der Waals surface area contributed by atoms with Crippen molar-refractivity contribution in [3.8, 4) is 0 Å². The van der Waals surface area contributed by atoms with Gasteiger partial charge in [-0.15, -0.1) is 0 Å². The highest BCUT2D eigenvalue weighted by molar-refractivity contribution is 7.92. The summed E-state index contributed by atoms with van der Waals surface area (Å²) in [5.41, 5.74) is -3.62. The fraction of sp³-hybridized carbons (Fsp3) is 0.222. The number of hydrogen-bond acceptors (Lipinski definition) is 5. The van der Waals surface area contributed by atoms with Crippen LogP contribution in [0.4, 0.5) is 30.2 Å². The van der Waals surface area contributed by atoms with Crippen LogP contribution in [0, 0.1) is 0 Å². The normalized spacial score (nSPS) is 13.8. The van der Waals surface area contributed by atoms with Gasteiger partial charge in [0.25, 0.3) is 15.9 Å². The zero-order valence-electron chi connectivity index (χ0n) is 16.3. The Labute approximate surface area is 190 Å². The molecule has 0 fully saturated rings. The van der Waals surface area contributed by atoms with Crippen molar-refractivity contribution in [1.82, 2.24) is 0 Å². The molecule has 8 nitrogen and oxygen atoms in total. The van der Waals surface area contributed by atoms with Crippen LogP contribution in [0.1, 0.15) is 13.8 Å². The molecule has 2 aromatic rings. The summed E-state index contributed by atoms with van der Waals surface area (Å²) in [6.45, 7) is 1.55. The smallest absolute Gasteiger partial charge is 0.373 e. The average molecular weight is 514 g/mol. The van der Waals surface area contributed by atoms with Crippen LogP contribution < -0.4 is 15.4 Å². The van der Waals surface area contributed by atoms with Crippen LogP contribution in [-0.4, -0.2) is 37.1 Å². The van der Waals surface area contributed by atoms with E-state index in [0.29, 0.717) is 5.69 Å². The van der Waals surface area contributed by atoms with Crippen molar-refractivity contribution >= 4 is 62.1 Å². The molecular formula is C18H16Cl2F3N3O5S. The number of carbonyl (C=O) groups excluding carboxylic acids is 2. The van der Waals surface area contributed by atoms with Gasteiger partial charge in [0.05, 0.1) is 15.7 Å². The number of halogens is 5. The van der Waals surface area contributed by atoms with Gasteiger partial charge >= 0.3 is 6.18 Å². The van der Waals surface area contributed by atoms with Crippen LogP contribution in [-0.2, 0) is 19.6 Å². The number of nitrogens with one attached hydrogen (secondary N) is 3. The standard InChI is InChI=1S/C18H16Cl2F3N3O5S/c1-9(27)24-10-3-5-11(6-4-10)26-32(30,31)13-8-7-12(14(19)15(13)20)25-16(28)17(2,29)18(21,22)23/h3-8,26,29H,1-2H3,(H,24,27)(H,25,28)/t17-/m1/s1. The summed E-state index contributed by atoms with van der Waals surface area (Å²) in [5.74, 6) is -2.15. The van der Waals surface area contributed by atoms with Gasteiger partial charge in [-0.3, -0.25) is 14.3 Å². The molecule has 2 rings (SSSR count). The molecule has 0 saturated carbocycles. The van der Waals surface area contributed by atoms with Crippen LogP contribution in [0.25, 0.3) is 0 Å². The average Bonchev–Trinajstić information content (AvgIpc) is 2.65. The zero-order chi connectivity index (χ0) is 24.5. The highest BCUT2D eigenvalue weighted by Crippen LogP contribution is 2.37. The van der Waals surface area contributed by atoms with Crippen molar-refractivity contribution < 1.29 is 36.3 Å². The molecule has 0 aliphatic heterocycles. The molecule has 174 valence electrons. The second kappa shape index (κ2) is 9.14. The lowest BCUT2D eigenvalue weighted by atomic mass is 10.1. The third-order valence-electron chi connectivity index (χ3n) is 4.04. The Morgan fingerprint density at radius 1 is 0.938 bits per heavy atom. The lowest BCUT2D eigenvalue weighted by Crippen LogP contribution is -2.52. The van der Waals surface area contributed by atoms with Gasteiger partial charge in [-0.05, 0) is 43.3 Å². The molecule has 0 spiro atoms. The van der Waals surface area contributed by atoms with Gasteiger partial charge < -0.3 is 15.7 Å². The number of benzene rings is 2. The number of rotatable bonds is 6. The van der Waals surface area contributed by atoms with E-state index >= 15 is 0 Å². The molecule has 0 aliphatic carbocycles. The van der Waals surface area contributed by atoms with E-state index in [2.05, 4.69) is 10.0 Å². The van der Waals surface area contributed by atoms with E-state index in [1.165, 1.54) is 31.2 Å². The third kappa shape index (κ3) is 5.63. The number of anilines is 3. The Morgan fingerprint density at radius 2 is 1.47 bits per heavy atom. The van der Waals surface area contributed by atoms with Gasteiger partial charge in [-0.2, -0.15) is 13.2 Å².